The molecule has 0 saturated carbocycles. The lowest BCUT2D eigenvalue weighted by Gasteiger charge is -2.24. The van der Waals surface area contributed by atoms with E-state index in [-0.39, 0.29) is 0 Å². The van der Waals surface area contributed by atoms with Gasteiger partial charge in [0.2, 0.25) is 0 Å². The fraction of sp³-hybridized carbons (Fsp3) is 1.00. The summed E-state index contributed by atoms with van der Waals surface area (Å²) in [6.07, 6.45) is 0. The maximum absolute atomic E-state index is 4.94. The summed E-state index contributed by atoms with van der Waals surface area (Å²) in [7, 11) is 0. The average molecular weight is 213 g/mol. The van der Waals surface area contributed by atoms with Gasteiger partial charge in [-0.25, -0.2) is 0 Å². The van der Waals surface area contributed by atoms with Crippen molar-refractivity contribution < 1.29 is 4.74 Å². The van der Waals surface area contributed by atoms with E-state index < -0.39 is 0 Å². The molecule has 2 nitrogen and oxygen atoms in total. The van der Waals surface area contributed by atoms with Crippen molar-refractivity contribution in [1.82, 2.24) is 3.53 Å². The molecule has 1 aliphatic heterocycles. The van der Waals surface area contributed by atoms with Crippen LogP contribution in [0.1, 0.15) is 0 Å². The van der Waals surface area contributed by atoms with E-state index in [1.165, 1.54) is 0 Å². The predicted molar refractivity (Wildman–Crippen MR) is 36.3 cm³/mol. The Kier molecular flexibility index (Phi) is 2.34. The number of ether oxygens (including phenoxy) is 1. The average Bonchev–Trinajstić information content (AvgIpc) is 1.55. The van der Waals surface area contributed by atoms with Crippen LogP contribution < -0.4 is 3.53 Å². The minimum absolute atomic E-state index is 0.789. The van der Waals surface area contributed by atoms with Crippen LogP contribution in [0, 0.1) is 5.92 Å². The SMILES string of the molecule is INCC1COC1. The zero-order chi connectivity index (χ0) is 5.11. The monoisotopic (exact) mass is 213 g/mol. The van der Waals surface area contributed by atoms with Gasteiger partial charge in [-0.3, -0.25) is 3.53 Å². The van der Waals surface area contributed by atoms with Crippen molar-refractivity contribution in [2.45, 2.75) is 0 Å². The van der Waals surface area contributed by atoms with Crippen molar-refractivity contribution in [3.63, 3.8) is 0 Å². The Morgan fingerprint density at radius 2 is 2.43 bits per heavy atom. The Bertz CT molecular complexity index is 55.7. The molecule has 42 valence electrons. The van der Waals surface area contributed by atoms with E-state index in [1.807, 2.05) is 0 Å². The Balaban J connectivity index is 1.93. The third-order valence-electron chi connectivity index (χ3n) is 1.07. The molecule has 1 saturated heterocycles. The molecule has 0 spiro atoms. The van der Waals surface area contributed by atoms with Crippen molar-refractivity contribution in [3.8, 4) is 0 Å². The molecule has 0 aromatic heterocycles. The van der Waals surface area contributed by atoms with Crippen LogP contribution in [0.3, 0.4) is 0 Å². The van der Waals surface area contributed by atoms with Crippen molar-refractivity contribution in [2.24, 2.45) is 5.92 Å². The first-order valence-corrected chi connectivity index (χ1v) is 3.42. The summed E-state index contributed by atoms with van der Waals surface area (Å²) >= 11 is 2.15. The zero-order valence-corrected chi connectivity index (χ0v) is 6.14. The molecule has 0 radical (unpaired) electrons. The molecule has 0 aromatic carbocycles. The summed E-state index contributed by atoms with van der Waals surface area (Å²) in [6, 6.07) is 0. The van der Waals surface area contributed by atoms with Crippen LogP contribution in [0.4, 0.5) is 0 Å². The predicted octanol–water partition coefficient (Wildman–Crippen LogP) is 0.572. The van der Waals surface area contributed by atoms with Gasteiger partial charge in [0.25, 0.3) is 0 Å². The van der Waals surface area contributed by atoms with Crippen LogP contribution in [0.25, 0.3) is 0 Å². The Morgan fingerprint density at radius 3 is 2.57 bits per heavy atom. The Morgan fingerprint density at radius 1 is 1.71 bits per heavy atom. The van der Waals surface area contributed by atoms with Crippen LogP contribution in [-0.4, -0.2) is 19.8 Å². The van der Waals surface area contributed by atoms with E-state index in [4.69, 9.17) is 4.74 Å². The third-order valence-corrected chi connectivity index (χ3v) is 1.51. The molecule has 3 heteroatoms. The van der Waals surface area contributed by atoms with E-state index >= 15 is 0 Å². The lowest BCUT2D eigenvalue weighted by molar-refractivity contribution is -0.0277. The maximum Gasteiger partial charge on any atom is 0.0528 e. The molecule has 1 N–H and O–H groups in total. The minimum atomic E-state index is 0.789. The summed E-state index contributed by atoms with van der Waals surface area (Å²) in [4.78, 5) is 0. The minimum Gasteiger partial charge on any atom is -0.381 e. The summed E-state index contributed by atoms with van der Waals surface area (Å²) < 4.78 is 8.00. The molecule has 1 heterocycles. The molecule has 0 atom stereocenters. The molecule has 1 rings (SSSR count). The highest BCUT2D eigenvalue weighted by Crippen LogP contribution is 2.07. The van der Waals surface area contributed by atoms with Crippen LogP contribution in [0.15, 0.2) is 0 Å². The van der Waals surface area contributed by atoms with Gasteiger partial charge < -0.3 is 4.74 Å². The summed E-state index contributed by atoms with van der Waals surface area (Å²) in [5.41, 5.74) is 0. The highest BCUT2D eigenvalue weighted by molar-refractivity contribution is 14.1. The molecular weight excluding hydrogens is 205 g/mol. The van der Waals surface area contributed by atoms with Gasteiger partial charge in [-0.05, 0) is 0 Å². The number of hydrogen-bond acceptors (Lipinski definition) is 2. The lowest BCUT2D eigenvalue weighted by atomic mass is 10.1. The Labute approximate surface area is 57.1 Å². The van der Waals surface area contributed by atoms with Gasteiger partial charge in [0.1, 0.15) is 0 Å². The quantitative estimate of drug-likeness (QED) is 0.534. The van der Waals surface area contributed by atoms with Gasteiger partial charge in [0, 0.05) is 35.3 Å². The van der Waals surface area contributed by atoms with E-state index in [0.717, 1.165) is 25.7 Å². The van der Waals surface area contributed by atoms with Crippen molar-refractivity contribution >= 4 is 22.9 Å². The fourth-order valence-corrected chi connectivity index (χ4v) is 1.13. The fourth-order valence-electron chi connectivity index (χ4n) is 0.511. The smallest absolute Gasteiger partial charge is 0.0528 e. The van der Waals surface area contributed by atoms with E-state index in [1.54, 1.807) is 0 Å². The first kappa shape index (κ1) is 5.78. The van der Waals surface area contributed by atoms with Gasteiger partial charge >= 0.3 is 0 Å². The van der Waals surface area contributed by atoms with Gasteiger partial charge in [0.05, 0.1) is 13.2 Å². The summed E-state index contributed by atoms with van der Waals surface area (Å²) in [5, 5.41) is 0. The zero-order valence-electron chi connectivity index (χ0n) is 3.98. The topological polar surface area (TPSA) is 21.3 Å². The highest BCUT2D eigenvalue weighted by atomic mass is 127. The second kappa shape index (κ2) is 2.84. The first-order chi connectivity index (χ1) is 3.43. The molecule has 0 aliphatic carbocycles. The van der Waals surface area contributed by atoms with Crippen molar-refractivity contribution in [2.75, 3.05) is 19.8 Å². The normalized spacial score (nSPS) is 21.9. The standard InChI is InChI=1S/C4H8INO/c5-6-1-4-2-7-3-4/h4,6H,1-3H2. The second-order valence-corrected chi connectivity index (χ2v) is 2.50. The summed E-state index contributed by atoms with van der Waals surface area (Å²) in [6.45, 7) is 3.01. The molecular formula is C4H8INO. The molecule has 0 bridgehead atoms. The van der Waals surface area contributed by atoms with Crippen molar-refractivity contribution in [3.05, 3.63) is 0 Å². The molecule has 0 aromatic rings. The number of nitrogens with one attached hydrogen (secondary N) is 1. The highest BCUT2D eigenvalue weighted by Gasteiger charge is 2.16. The van der Waals surface area contributed by atoms with E-state index in [2.05, 4.69) is 26.4 Å². The lowest BCUT2D eigenvalue weighted by Crippen LogP contribution is -2.33. The summed E-state index contributed by atoms with van der Waals surface area (Å²) in [5.74, 6) is 0.789. The van der Waals surface area contributed by atoms with E-state index in [0.29, 0.717) is 0 Å². The molecule has 7 heavy (non-hydrogen) atoms. The first-order valence-electron chi connectivity index (χ1n) is 2.34. The Hall–Kier alpha value is 0.650. The van der Waals surface area contributed by atoms with Gasteiger partial charge in [-0.1, -0.05) is 0 Å². The molecule has 1 aliphatic rings. The van der Waals surface area contributed by atoms with Crippen LogP contribution >= 0.6 is 22.9 Å². The van der Waals surface area contributed by atoms with Gasteiger partial charge in [-0.15, -0.1) is 0 Å². The van der Waals surface area contributed by atoms with Gasteiger partial charge in [0.15, 0.2) is 0 Å². The van der Waals surface area contributed by atoms with E-state index in [9.17, 15) is 0 Å². The number of halogens is 1. The largest absolute Gasteiger partial charge is 0.381 e. The number of rotatable bonds is 2. The third kappa shape index (κ3) is 1.54. The maximum atomic E-state index is 4.94. The van der Waals surface area contributed by atoms with Gasteiger partial charge in [-0.2, -0.15) is 0 Å². The molecule has 0 amide bonds. The number of hydrogen-bond donors (Lipinski definition) is 1. The molecule has 1 fully saturated rings. The second-order valence-electron chi connectivity index (χ2n) is 1.74. The van der Waals surface area contributed by atoms with Crippen molar-refractivity contribution in [1.29, 1.82) is 0 Å². The molecule has 0 unspecified atom stereocenters. The van der Waals surface area contributed by atoms with Crippen LogP contribution in [0.2, 0.25) is 0 Å². The van der Waals surface area contributed by atoms with Crippen LogP contribution in [0.5, 0.6) is 0 Å². The van der Waals surface area contributed by atoms with Crippen LogP contribution in [-0.2, 0) is 4.74 Å².